The van der Waals surface area contributed by atoms with E-state index >= 15 is 0 Å². The first-order valence-electron chi connectivity index (χ1n) is 13.8. The van der Waals surface area contributed by atoms with Crippen LogP contribution in [0.25, 0.3) is 22.2 Å². The summed E-state index contributed by atoms with van der Waals surface area (Å²) < 4.78 is 38.9. The molecule has 1 aromatic carbocycles. The molecule has 7 nitrogen and oxygen atoms in total. The Morgan fingerprint density at radius 1 is 1.05 bits per heavy atom. The highest BCUT2D eigenvalue weighted by molar-refractivity contribution is 6.29. The van der Waals surface area contributed by atoms with Gasteiger partial charge in [-0.2, -0.15) is 13.2 Å². The van der Waals surface area contributed by atoms with Gasteiger partial charge in [-0.15, -0.1) is 0 Å². The van der Waals surface area contributed by atoms with E-state index in [-0.39, 0.29) is 23.9 Å². The number of aromatic amines is 1. The number of fused-ring (bicyclic) bond motifs is 1. The summed E-state index contributed by atoms with van der Waals surface area (Å²) in [6.07, 6.45) is 2.80. The van der Waals surface area contributed by atoms with Crippen LogP contribution in [0.5, 0.6) is 0 Å². The average Bonchev–Trinajstić information content (AvgIpc) is 3.35. The van der Waals surface area contributed by atoms with Crippen LogP contribution >= 0.6 is 11.6 Å². The SMILES string of the molecule is O=C(NC1CCC(Nc2cc(-c3c[nH]c4ncccc34)cc(Cl)n2)CC1)C1CN(Cc2cccc(C(F)(F)F)c2)C1. The normalized spacial score (nSPS) is 20.1. The number of aromatic nitrogens is 3. The fourth-order valence-corrected chi connectivity index (χ4v) is 6.01. The summed E-state index contributed by atoms with van der Waals surface area (Å²) in [7, 11) is 0. The molecule has 1 aliphatic heterocycles. The molecule has 1 amide bonds. The molecule has 214 valence electrons. The monoisotopic (exact) mass is 582 g/mol. The number of hydrogen-bond donors (Lipinski definition) is 3. The highest BCUT2D eigenvalue weighted by Gasteiger charge is 2.35. The molecular formula is C30H30ClF3N6O. The van der Waals surface area contributed by atoms with E-state index in [1.54, 1.807) is 12.3 Å². The number of nitrogens with one attached hydrogen (secondary N) is 3. The molecule has 0 unspecified atom stereocenters. The third-order valence-electron chi connectivity index (χ3n) is 7.97. The number of rotatable bonds is 7. The molecule has 0 atom stereocenters. The molecule has 2 aliphatic rings. The van der Waals surface area contributed by atoms with Crippen LogP contribution in [0.1, 0.15) is 36.8 Å². The van der Waals surface area contributed by atoms with Crippen LogP contribution in [0, 0.1) is 5.92 Å². The van der Waals surface area contributed by atoms with Crippen molar-refractivity contribution in [3.63, 3.8) is 0 Å². The van der Waals surface area contributed by atoms with Crippen molar-refractivity contribution in [2.24, 2.45) is 5.92 Å². The molecule has 1 aliphatic carbocycles. The van der Waals surface area contributed by atoms with E-state index < -0.39 is 11.7 Å². The molecule has 0 radical (unpaired) electrons. The van der Waals surface area contributed by atoms with Crippen molar-refractivity contribution in [1.29, 1.82) is 0 Å². The van der Waals surface area contributed by atoms with Gasteiger partial charge in [-0.3, -0.25) is 9.69 Å². The van der Waals surface area contributed by atoms with Gasteiger partial charge in [0.15, 0.2) is 0 Å². The van der Waals surface area contributed by atoms with Gasteiger partial charge < -0.3 is 15.6 Å². The first-order valence-corrected chi connectivity index (χ1v) is 14.1. The lowest BCUT2D eigenvalue weighted by atomic mass is 9.90. The Kier molecular flexibility index (Phi) is 7.61. The molecular weight excluding hydrogens is 553 g/mol. The minimum atomic E-state index is -4.36. The van der Waals surface area contributed by atoms with E-state index in [0.29, 0.717) is 36.2 Å². The second-order valence-electron chi connectivity index (χ2n) is 11.0. The molecule has 0 spiro atoms. The molecule has 1 saturated carbocycles. The number of benzene rings is 1. The van der Waals surface area contributed by atoms with Gasteiger partial charge in [-0.25, -0.2) is 9.97 Å². The van der Waals surface area contributed by atoms with Crippen molar-refractivity contribution in [3.8, 4) is 11.1 Å². The van der Waals surface area contributed by atoms with Crippen molar-refractivity contribution in [2.75, 3.05) is 18.4 Å². The molecule has 3 aromatic heterocycles. The van der Waals surface area contributed by atoms with Crippen LogP contribution in [0.2, 0.25) is 5.15 Å². The van der Waals surface area contributed by atoms with E-state index in [1.807, 2.05) is 35.4 Å². The molecule has 0 bridgehead atoms. The van der Waals surface area contributed by atoms with Gasteiger partial charge in [0.05, 0.1) is 11.5 Å². The van der Waals surface area contributed by atoms with Gasteiger partial charge in [0.1, 0.15) is 16.6 Å². The topological polar surface area (TPSA) is 85.9 Å². The second-order valence-corrected chi connectivity index (χ2v) is 11.3. The Morgan fingerprint density at radius 3 is 2.61 bits per heavy atom. The number of anilines is 1. The van der Waals surface area contributed by atoms with Crippen molar-refractivity contribution in [1.82, 2.24) is 25.2 Å². The largest absolute Gasteiger partial charge is 0.416 e. The summed E-state index contributed by atoms with van der Waals surface area (Å²) in [6.45, 7) is 1.50. The lowest BCUT2D eigenvalue weighted by Gasteiger charge is -2.39. The molecule has 4 heterocycles. The Morgan fingerprint density at radius 2 is 1.83 bits per heavy atom. The van der Waals surface area contributed by atoms with Gasteiger partial charge in [-0.05, 0) is 67.1 Å². The Balaban J connectivity index is 0.972. The Bertz CT molecular complexity index is 1540. The minimum absolute atomic E-state index is 0.0241. The van der Waals surface area contributed by atoms with Crippen LogP contribution in [0.15, 0.2) is 60.9 Å². The summed E-state index contributed by atoms with van der Waals surface area (Å²) in [5.74, 6) is 0.607. The quantitative estimate of drug-likeness (QED) is 0.224. The number of amides is 1. The second kappa shape index (κ2) is 11.3. The lowest BCUT2D eigenvalue weighted by molar-refractivity contribution is -0.137. The number of H-pyrrole nitrogens is 1. The smallest absolute Gasteiger partial charge is 0.367 e. The van der Waals surface area contributed by atoms with Crippen LogP contribution in [-0.4, -0.2) is 50.9 Å². The maximum atomic E-state index is 13.0. The van der Waals surface area contributed by atoms with Crippen LogP contribution in [0.4, 0.5) is 19.0 Å². The number of carbonyl (C=O) groups excluding carboxylic acids is 1. The van der Waals surface area contributed by atoms with E-state index in [2.05, 4.69) is 25.6 Å². The maximum Gasteiger partial charge on any atom is 0.416 e. The fraction of sp³-hybridized carbons (Fsp3) is 0.367. The summed E-state index contributed by atoms with van der Waals surface area (Å²) in [5.41, 5.74) is 2.74. The van der Waals surface area contributed by atoms with Gasteiger partial charge >= 0.3 is 6.18 Å². The average molecular weight is 583 g/mol. The number of carbonyl (C=O) groups is 1. The van der Waals surface area contributed by atoms with Gasteiger partial charge in [0.2, 0.25) is 5.91 Å². The Labute approximate surface area is 240 Å². The highest BCUT2D eigenvalue weighted by Crippen LogP contribution is 2.32. The summed E-state index contributed by atoms with van der Waals surface area (Å²) in [5, 5.41) is 8.13. The van der Waals surface area contributed by atoms with Crippen LogP contribution < -0.4 is 10.6 Å². The zero-order chi connectivity index (χ0) is 28.6. The third kappa shape index (κ3) is 6.33. The molecule has 1 saturated heterocycles. The summed E-state index contributed by atoms with van der Waals surface area (Å²) in [4.78, 5) is 26.8. The van der Waals surface area contributed by atoms with Crippen molar-refractivity contribution in [3.05, 3.63) is 77.2 Å². The van der Waals surface area contributed by atoms with E-state index in [9.17, 15) is 18.0 Å². The number of alkyl halides is 3. The Hall–Kier alpha value is -3.63. The van der Waals surface area contributed by atoms with Crippen molar-refractivity contribution in [2.45, 2.75) is 50.5 Å². The van der Waals surface area contributed by atoms with Crippen LogP contribution in [0.3, 0.4) is 0 Å². The lowest BCUT2D eigenvalue weighted by Crippen LogP contribution is -2.55. The zero-order valence-corrected chi connectivity index (χ0v) is 23.0. The predicted molar refractivity (Wildman–Crippen MR) is 152 cm³/mol. The van der Waals surface area contributed by atoms with Crippen molar-refractivity contribution >= 4 is 34.4 Å². The summed E-state index contributed by atoms with van der Waals surface area (Å²) in [6, 6.07) is 13.5. The standard InChI is InChI=1S/C30H30ClF3N6O/c31-26-12-19(25-14-36-28-24(25)5-2-10-35-28)13-27(39-26)37-22-6-8-23(9-7-22)38-29(41)20-16-40(17-20)15-18-3-1-4-21(11-18)30(32,33)34/h1-5,10-14,20,22-23H,6-9,15-17H2,(H,35,36)(H,37,39)(H,38,41). The number of halogens is 4. The summed E-state index contributed by atoms with van der Waals surface area (Å²) >= 11 is 6.37. The number of likely N-dealkylation sites (tertiary alicyclic amines) is 1. The zero-order valence-electron chi connectivity index (χ0n) is 22.2. The fourth-order valence-electron chi connectivity index (χ4n) is 5.80. The first-order chi connectivity index (χ1) is 19.7. The van der Waals surface area contributed by atoms with E-state index in [0.717, 1.165) is 53.9 Å². The van der Waals surface area contributed by atoms with Crippen molar-refractivity contribution < 1.29 is 18.0 Å². The minimum Gasteiger partial charge on any atom is -0.367 e. The van der Waals surface area contributed by atoms with Gasteiger partial charge in [0, 0.05) is 55.1 Å². The van der Waals surface area contributed by atoms with Gasteiger partial charge in [0.25, 0.3) is 0 Å². The number of nitrogens with zero attached hydrogens (tertiary/aromatic N) is 3. The van der Waals surface area contributed by atoms with Gasteiger partial charge in [-0.1, -0.05) is 29.8 Å². The highest BCUT2D eigenvalue weighted by atomic mass is 35.5. The van der Waals surface area contributed by atoms with Crippen LogP contribution in [-0.2, 0) is 17.5 Å². The molecule has 3 N–H and O–H groups in total. The van der Waals surface area contributed by atoms with E-state index in [4.69, 9.17) is 11.6 Å². The third-order valence-corrected chi connectivity index (χ3v) is 8.16. The predicted octanol–water partition coefficient (Wildman–Crippen LogP) is 6.27. The molecule has 41 heavy (non-hydrogen) atoms. The molecule has 6 rings (SSSR count). The molecule has 4 aromatic rings. The first kappa shape index (κ1) is 27.5. The maximum absolute atomic E-state index is 13.0. The number of pyridine rings is 2. The molecule has 2 fully saturated rings. The molecule has 11 heteroatoms. The van der Waals surface area contributed by atoms with E-state index in [1.165, 1.54) is 12.1 Å². The number of hydrogen-bond acceptors (Lipinski definition) is 5.